The Bertz CT molecular complexity index is 414. The van der Waals surface area contributed by atoms with E-state index >= 15 is 0 Å². The quantitative estimate of drug-likeness (QED) is 0.735. The lowest BCUT2D eigenvalue weighted by atomic mass is 10.2. The minimum absolute atomic E-state index is 0.835. The summed E-state index contributed by atoms with van der Waals surface area (Å²) in [7, 11) is 1.67. The summed E-state index contributed by atoms with van der Waals surface area (Å²) in [6.07, 6.45) is 0. The van der Waals surface area contributed by atoms with Crippen molar-refractivity contribution in [3.63, 3.8) is 0 Å². The van der Waals surface area contributed by atoms with Crippen LogP contribution in [-0.2, 0) is 11.3 Å². The second kappa shape index (κ2) is 8.34. The zero-order chi connectivity index (χ0) is 14.4. The van der Waals surface area contributed by atoms with E-state index in [1.807, 2.05) is 0 Å². The molecule has 0 aromatic heterocycles. The molecule has 20 heavy (non-hydrogen) atoms. The van der Waals surface area contributed by atoms with Gasteiger partial charge in [-0.1, -0.05) is 0 Å². The van der Waals surface area contributed by atoms with Crippen LogP contribution in [0, 0.1) is 0 Å². The fraction of sp³-hybridized carbons (Fsp3) is 0.571. The minimum atomic E-state index is 0.835. The number of nitrogens with zero attached hydrogens (tertiary/aromatic N) is 1. The molecule has 1 aromatic rings. The fourth-order valence-corrected chi connectivity index (χ4v) is 3.81. The lowest BCUT2D eigenvalue weighted by Gasteiger charge is -2.26. The van der Waals surface area contributed by atoms with E-state index in [-0.39, 0.29) is 0 Å². The number of benzene rings is 1. The van der Waals surface area contributed by atoms with Crippen molar-refractivity contribution in [1.29, 1.82) is 0 Å². The Hall–Kier alpha value is -0.140. The van der Waals surface area contributed by atoms with Gasteiger partial charge in [-0.15, -0.1) is 0 Å². The molecular formula is C14H20Br2N2O2. The summed E-state index contributed by atoms with van der Waals surface area (Å²) in [6.45, 7) is 6.72. The minimum Gasteiger partial charge on any atom is -0.494 e. The van der Waals surface area contributed by atoms with E-state index in [1.54, 1.807) is 7.11 Å². The van der Waals surface area contributed by atoms with E-state index in [0.29, 0.717) is 0 Å². The molecule has 0 unspecified atom stereocenters. The Labute approximate surface area is 137 Å². The first-order valence-electron chi connectivity index (χ1n) is 6.73. The summed E-state index contributed by atoms with van der Waals surface area (Å²) in [4.78, 5) is 2.43. The number of nitrogens with one attached hydrogen (secondary N) is 1. The van der Waals surface area contributed by atoms with Crippen molar-refractivity contribution in [1.82, 2.24) is 10.2 Å². The number of hydrogen-bond acceptors (Lipinski definition) is 4. The highest BCUT2D eigenvalue weighted by molar-refractivity contribution is 9.11. The lowest BCUT2D eigenvalue weighted by molar-refractivity contribution is 0.0384. The van der Waals surface area contributed by atoms with Crippen LogP contribution in [0.3, 0.4) is 0 Å². The first-order chi connectivity index (χ1) is 9.70. The van der Waals surface area contributed by atoms with Gasteiger partial charge in [0, 0.05) is 32.7 Å². The van der Waals surface area contributed by atoms with Crippen molar-refractivity contribution in [2.24, 2.45) is 0 Å². The first-order valence-corrected chi connectivity index (χ1v) is 8.32. The number of hydrogen-bond donors (Lipinski definition) is 1. The van der Waals surface area contributed by atoms with Crippen LogP contribution in [0.2, 0.25) is 0 Å². The smallest absolute Gasteiger partial charge is 0.147 e. The highest BCUT2D eigenvalue weighted by atomic mass is 79.9. The number of methoxy groups -OCH3 is 1. The molecule has 0 bridgehead atoms. The van der Waals surface area contributed by atoms with Gasteiger partial charge in [-0.2, -0.15) is 0 Å². The Morgan fingerprint density at radius 3 is 2.50 bits per heavy atom. The van der Waals surface area contributed by atoms with Crippen LogP contribution in [0.15, 0.2) is 21.1 Å². The van der Waals surface area contributed by atoms with E-state index in [4.69, 9.17) is 9.47 Å². The fourth-order valence-electron chi connectivity index (χ4n) is 2.20. The van der Waals surface area contributed by atoms with Gasteiger partial charge in [0.15, 0.2) is 0 Å². The average molecular weight is 408 g/mol. The van der Waals surface area contributed by atoms with Gasteiger partial charge in [-0.05, 0) is 49.6 Å². The summed E-state index contributed by atoms with van der Waals surface area (Å²) in [5.74, 6) is 0.835. The lowest BCUT2D eigenvalue weighted by Crippen LogP contribution is -2.40. The maximum atomic E-state index is 5.34. The second-order valence-electron chi connectivity index (χ2n) is 4.72. The van der Waals surface area contributed by atoms with Crippen molar-refractivity contribution in [3.05, 3.63) is 26.6 Å². The number of halogens is 2. The van der Waals surface area contributed by atoms with Crippen LogP contribution < -0.4 is 10.1 Å². The zero-order valence-electron chi connectivity index (χ0n) is 11.6. The molecule has 0 atom stereocenters. The molecule has 1 aliphatic heterocycles. The number of ether oxygens (including phenoxy) is 2. The van der Waals surface area contributed by atoms with Gasteiger partial charge in [-0.3, -0.25) is 4.90 Å². The maximum Gasteiger partial charge on any atom is 0.147 e. The molecule has 2 rings (SSSR count). The molecule has 1 aliphatic rings. The summed E-state index contributed by atoms with van der Waals surface area (Å²) in [5, 5.41) is 3.48. The molecule has 0 aliphatic carbocycles. The summed E-state index contributed by atoms with van der Waals surface area (Å²) < 4.78 is 12.6. The van der Waals surface area contributed by atoms with Crippen LogP contribution >= 0.6 is 31.9 Å². The Balaban J connectivity index is 1.76. The molecule has 1 fully saturated rings. The third kappa shape index (κ3) is 4.70. The molecule has 1 saturated heterocycles. The predicted octanol–water partition coefficient (Wildman–Crippen LogP) is 2.64. The molecule has 1 N–H and O–H groups in total. The molecule has 4 nitrogen and oxygen atoms in total. The molecule has 0 radical (unpaired) electrons. The standard InChI is InChI=1S/C14H20Br2N2O2/c1-19-14-12(15)8-11(9-13(14)16)10-17-2-3-18-4-6-20-7-5-18/h8-9,17H,2-7,10H2,1H3. The van der Waals surface area contributed by atoms with Crippen molar-refractivity contribution in [3.8, 4) is 5.75 Å². The van der Waals surface area contributed by atoms with E-state index in [1.165, 1.54) is 5.56 Å². The molecule has 0 saturated carbocycles. The van der Waals surface area contributed by atoms with Crippen molar-refractivity contribution >= 4 is 31.9 Å². The highest BCUT2D eigenvalue weighted by Gasteiger charge is 2.10. The van der Waals surface area contributed by atoms with E-state index in [9.17, 15) is 0 Å². The Morgan fingerprint density at radius 1 is 1.25 bits per heavy atom. The van der Waals surface area contributed by atoms with Gasteiger partial charge >= 0.3 is 0 Å². The predicted molar refractivity (Wildman–Crippen MR) is 87.4 cm³/mol. The summed E-state index contributed by atoms with van der Waals surface area (Å²) in [6, 6.07) is 4.18. The van der Waals surface area contributed by atoms with Crippen LogP contribution in [0.1, 0.15) is 5.56 Å². The zero-order valence-corrected chi connectivity index (χ0v) is 14.8. The third-order valence-corrected chi connectivity index (χ3v) is 4.48. The van der Waals surface area contributed by atoms with Crippen molar-refractivity contribution in [2.45, 2.75) is 6.54 Å². The van der Waals surface area contributed by atoms with Crippen LogP contribution in [0.5, 0.6) is 5.75 Å². The largest absolute Gasteiger partial charge is 0.494 e. The van der Waals surface area contributed by atoms with Gasteiger partial charge in [0.05, 0.1) is 29.3 Å². The first kappa shape index (κ1) is 16.2. The Morgan fingerprint density at radius 2 is 1.90 bits per heavy atom. The normalized spacial score (nSPS) is 16.4. The molecule has 0 amide bonds. The third-order valence-electron chi connectivity index (χ3n) is 3.30. The molecular weight excluding hydrogens is 388 g/mol. The summed E-state index contributed by atoms with van der Waals surface area (Å²) in [5.41, 5.74) is 1.23. The monoisotopic (exact) mass is 406 g/mol. The van der Waals surface area contributed by atoms with E-state index in [2.05, 4.69) is 54.2 Å². The van der Waals surface area contributed by atoms with Crippen molar-refractivity contribution < 1.29 is 9.47 Å². The topological polar surface area (TPSA) is 33.7 Å². The molecule has 1 aromatic carbocycles. The van der Waals surface area contributed by atoms with Gasteiger partial charge in [0.25, 0.3) is 0 Å². The van der Waals surface area contributed by atoms with Crippen LogP contribution in [0.4, 0.5) is 0 Å². The maximum absolute atomic E-state index is 5.34. The van der Waals surface area contributed by atoms with Gasteiger partial charge in [0.2, 0.25) is 0 Å². The SMILES string of the molecule is COc1c(Br)cc(CNCCN2CCOCC2)cc1Br. The molecule has 0 spiro atoms. The van der Waals surface area contributed by atoms with Gasteiger partial charge < -0.3 is 14.8 Å². The highest BCUT2D eigenvalue weighted by Crippen LogP contribution is 2.34. The molecule has 1 heterocycles. The van der Waals surface area contributed by atoms with Crippen LogP contribution in [0.25, 0.3) is 0 Å². The molecule has 6 heteroatoms. The average Bonchev–Trinajstić information content (AvgIpc) is 2.44. The van der Waals surface area contributed by atoms with E-state index < -0.39 is 0 Å². The second-order valence-corrected chi connectivity index (χ2v) is 6.43. The Kier molecular flexibility index (Phi) is 6.77. The van der Waals surface area contributed by atoms with Gasteiger partial charge in [0.1, 0.15) is 5.75 Å². The summed E-state index contributed by atoms with van der Waals surface area (Å²) >= 11 is 7.05. The van der Waals surface area contributed by atoms with Crippen molar-refractivity contribution in [2.75, 3.05) is 46.5 Å². The van der Waals surface area contributed by atoms with Gasteiger partial charge in [-0.25, -0.2) is 0 Å². The van der Waals surface area contributed by atoms with E-state index in [0.717, 1.165) is 60.6 Å². The van der Waals surface area contributed by atoms with Crippen LogP contribution in [-0.4, -0.2) is 51.4 Å². The number of morpholine rings is 1. The molecule has 112 valence electrons. The number of rotatable bonds is 6.